The molecule has 1 nitrogen and oxygen atoms in total. The molecular formula is C8H16BrNS. The molecule has 1 fully saturated rings. The van der Waals surface area contributed by atoms with Gasteiger partial charge in [0.25, 0.3) is 0 Å². The maximum absolute atomic E-state index is 3.54. The Bertz CT molecular complexity index is 110. The van der Waals surface area contributed by atoms with E-state index >= 15 is 0 Å². The first-order valence-electron chi connectivity index (χ1n) is 4.14. The Labute approximate surface area is 82.0 Å². The smallest absolute Gasteiger partial charge is 0.00724 e. The minimum atomic E-state index is 0.914. The van der Waals surface area contributed by atoms with E-state index < -0.39 is 0 Å². The number of thioether (sulfide) groups is 1. The van der Waals surface area contributed by atoms with E-state index in [-0.39, 0.29) is 0 Å². The lowest BCUT2D eigenvalue weighted by Crippen LogP contribution is -2.23. The fourth-order valence-corrected chi connectivity index (χ4v) is 2.43. The summed E-state index contributed by atoms with van der Waals surface area (Å²) in [7, 11) is 0. The number of alkyl halides is 1. The number of nitrogens with zero attached hydrogens (tertiary/aromatic N) is 1. The van der Waals surface area contributed by atoms with Crippen molar-refractivity contribution in [3.8, 4) is 0 Å². The molecule has 1 rings (SSSR count). The fraction of sp³-hybridized carbons (Fsp3) is 1.00. The predicted octanol–water partition coefficient (Wildman–Crippen LogP) is 2.07. The van der Waals surface area contributed by atoms with Gasteiger partial charge in [0.1, 0.15) is 0 Å². The molecule has 0 N–H and O–H groups in total. The molecule has 1 heterocycles. The molecular weight excluding hydrogens is 222 g/mol. The van der Waals surface area contributed by atoms with E-state index in [1.54, 1.807) is 0 Å². The van der Waals surface area contributed by atoms with Crippen LogP contribution < -0.4 is 0 Å². The Morgan fingerprint density at radius 2 is 2.45 bits per heavy atom. The molecule has 0 amide bonds. The second-order valence-electron chi connectivity index (χ2n) is 3.10. The third-order valence-electron chi connectivity index (χ3n) is 2.20. The van der Waals surface area contributed by atoms with Gasteiger partial charge in [0.15, 0.2) is 0 Å². The molecule has 1 aliphatic rings. The van der Waals surface area contributed by atoms with Crippen molar-refractivity contribution in [1.29, 1.82) is 0 Å². The van der Waals surface area contributed by atoms with Crippen LogP contribution in [0.4, 0.5) is 0 Å². The summed E-state index contributed by atoms with van der Waals surface area (Å²) >= 11 is 5.48. The Kier molecular flexibility index (Phi) is 4.88. The SMILES string of the molecule is CSCCN1CCC(CBr)C1. The standard InChI is InChI=1S/C8H16BrNS/c1-11-5-4-10-3-2-8(6-9)7-10/h8H,2-7H2,1H3. The van der Waals surface area contributed by atoms with Gasteiger partial charge in [-0.25, -0.2) is 0 Å². The van der Waals surface area contributed by atoms with Crippen molar-refractivity contribution in [2.24, 2.45) is 5.92 Å². The largest absolute Gasteiger partial charge is 0.302 e. The molecule has 1 saturated heterocycles. The molecule has 0 aromatic heterocycles. The third-order valence-corrected chi connectivity index (χ3v) is 3.71. The lowest BCUT2D eigenvalue weighted by atomic mass is 10.2. The number of hydrogen-bond donors (Lipinski definition) is 0. The summed E-state index contributed by atoms with van der Waals surface area (Å²) in [6, 6.07) is 0. The first-order valence-corrected chi connectivity index (χ1v) is 6.65. The van der Waals surface area contributed by atoms with Gasteiger partial charge in [0.2, 0.25) is 0 Å². The van der Waals surface area contributed by atoms with Crippen LogP contribution in [0.5, 0.6) is 0 Å². The third kappa shape index (κ3) is 3.34. The average molecular weight is 238 g/mol. The van der Waals surface area contributed by atoms with Crippen molar-refractivity contribution in [2.45, 2.75) is 6.42 Å². The van der Waals surface area contributed by atoms with E-state index in [2.05, 4.69) is 27.1 Å². The normalized spacial score (nSPS) is 26.2. The van der Waals surface area contributed by atoms with Gasteiger partial charge in [-0.05, 0) is 25.1 Å². The van der Waals surface area contributed by atoms with Crippen LogP contribution in [0.2, 0.25) is 0 Å². The minimum Gasteiger partial charge on any atom is -0.302 e. The second-order valence-corrected chi connectivity index (χ2v) is 4.74. The monoisotopic (exact) mass is 237 g/mol. The molecule has 11 heavy (non-hydrogen) atoms. The molecule has 0 spiro atoms. The molecule has 1 aliphatic heterocycles. The van der Waals surface area contributed by atoms with Crippen LogP contribution in [0, 0.1) is 5.92 Å². The van der Waals surface area contributed by atoms with Crippen LogP contribution in [-0.2, 0) is 0 Å². The molecule has 66 valence electrons. The summed E-state index contributed by atoms with van der Waals surface area (Å²) in [5, 5.41) is 1.18. The molecule has 0 radical (unpaired) electrons. The number of likely N-dealkylation sites (tertiary alicyclic amines) is 1. The first kappa shape index (κ1) is 9.87. The van der Waals surface area contributed by atoms with Crippen LogP contribution in [0.25, 0.3) is 0 Å². The van der Waals surface area contributed by atoms with Crippen LogP contribution >= 0.6 is 27.7 Å². The van der Waals surface area contributed by atoms with Crippen molar-refractivity contribution in [3.05, 3.63) is 0 Å². The zero-order valence-corrected chi connectivity index (χ0v) is 9.46. The van der Waals surface area contributed by atoms with E-state index in [0.717, 1.165) is 5.92 Å². The Balaban J connectivity index is 2.09. The van der Waals surface area contributed by atoms with Crippen molar-refractivity contribution >= 4 is 27.7 Å². The molecule has 0 saturated carbocycles. The van der Waals surface area contributed by atoms with Gasteiger partial charge in [-0.3, -0.25) is 0 Å². The first-order chi connectivity index (χ1) is 5.36. The van der Waals surface area contributed by atoms with Gasteiger partial charge in [0, 0.05) is 24.2 Å². The van der Waals surface area contributed by atoms with Crippen LogP contribution in [0.3, 0.4) is 0 Å². The highest BCUT2D eigenvalue weighted by atomic mass is 79.9. The van der Waals surface area contributed by atoms with E-state index in [4.69, 9.17) is 0 Å². The quantitative estimate of drug-likeness (QED) is 0.690. The van der Waals surface area contributed by atoms with E-state index in [1.165, 1.54) is 37.1 Å². The van der Waals surface area contributed by atoms with Crippen molar-refractivity contribution in [1.82, 2.24) is 4.90 Å². The number of hydrogen-bond acceptors (Lipinski definition) is 2. The highest BCUT2D eigenvalue weighted by molar-refractivity contribution is 9.09. The van der Waals surface area contributed by atoms with Gasteiger partial charge >= 0.3 is 0 Å². The van der Waals surface area contributed by atoms with E-state index in [9.17, 15) is 0 Å². The van der Waals surface area contributed by atoms with E-state index in [0.29, 0.717) is 0 Å². The molecule has 0 aromatic rings. The lowest BCUT2D eigenvalue weighted by Gasteiger charge is -2.13. The van der Waals surface area contributed by atoms with Crippen LogP contribution in [0.1, 0.15) is 6.42 Å². The van der Waals surface area contributed by atoms with Gasteiger partial charge < -0.3 is 4.90 Å². The highest BCUT2D eigenvalue weighted by Crippen LogP contribution is 2.17. The summed E-state index contributed by atoms with van der Waals surface area (Å²) < 4.78 is 0. The maximum atomic E-state index is 3.54. The van der Waals surface area contributed by atoms with Crippen LogP contribution in [0.15, 0.2) is 0 Å². The molecule has 3 heteroatoms. The Hall–Kier alpha value is 0.790. The topological polar surface area (TPSA) is 3.24 Å². The summed E-state index contributed by atoms with van der Waals surface area (Å²) in [4.78, 5) is 2.57. The van der Waals surface area contributed by atoms with Gasteiger partial charge in [-0.1, -0.05) is 15.9 Å². The minimum absolute atomic E-state index is 0.914. The summed E-state index contributed by atoms with van der Waals surface area (Å²) in [5.74, 6) is 2.20. The van der Waals surface area contributed by atoms with Gasteiger partial charge in [0.05, 0.1) is 0 Å². The lowest BCUT2D eigenvalue weighted by molar-refractivity contribution is 0.350. The zero-order valence-electron chi connectivity index (χ0n) is 7.05. The summed E-state index contributed by atoms with van der Waals surface area (Å²) in [6.07, 6.45) is 3.57. The molecule has 1 atom stereocenters. The molecule has 0 aromatic carbocycles. The van der Waals surface area contributed by atoms with Crippen molar-refractivity contribution in [3.63, 3.8) is 0 Å². The van der Waals surface area contributed by atoms with Crippen molar-refractivity contribution in [2.75, 3.05) is 37.0 Å². The highest BCUT2D eigenvalue weighted by Gasteiger charge is 2.20. The van der Waals surface area contributed by atoms with Gasteiger partial charge in [-0.2, -0.15) is 11.8 Å². The average Bonchev–Trinajstić information content (AvgIpc) is 2.48. The number of rotatable bonds is 4. The van der Waals surface area contributed by atoms with Crippen molar-refractivity contribution < 1.29 is 0 Å². The predicted molar refractivity (Wildman–Crippen MR) is 56.7 cm³/mol. The fourth-order valence-electron chi connectivity index (χ4n) is 1.46. The van der Waals surface area contributed by atoms with Crippen LogP contribution in [-0.4, -0.2) is 41.9 Å². The zero-order chi connectivity index (χ0) is 8.10. The summed E-state index contributed by atoms with van der Waals surface area (Å²) in [5.41, 5.74) is 0. The maximum Gasteiger partial charge on any atom is 0.00724 e. The van der Waals surface area contributed by atoms with Gasteiger partial charge in [-0.15, -0.1) is 0 Å². The Morgan fingerprint density at radius 1 is 1.64 bits per heavy atom. The second kappa shape index (κ2) is 5.44. The molecule has 0 aliphatic carbocycles. The summed E-state index contributed by atoms with van der Waals surface area (Å²) in [6.45, 7) is 3.91. The molecule has 0 bridgehead atoms. The molecule has 1 unspecified atom stereocenters. The Morgan fingerprint density at radius 3 is 3.00 bits per heavy atom. The van der Waals surface area contributed by atoms with E-state index in [1.807, 2.05) is 11.8 Å². The number of halogens is 1.